The quantitative estimate of drug-likeness (QED) is 0.283. The van der Waals surface area contributed by atoms with E-state index >= 15 is 0 Å². The highest BCUT2D eigenvalue weighted by atomic mass is 16.5. The van der Waals surface area contributed by atoms with Crippen molar-refractivity contribution < 1.29 is 24.3 Å². The minimum Gasteiger partial charge on any atom is -0.872 e. The van der Waals surface area contributed by atoms with Gasteiger partial charge in [0, 0.05) is 30.9 Å². The SMILES string of the molecule is Cc1cc(OCc2ccccc2)ccc1C([O-])=C1C(=O)C(=O)N(CCC[NH+](C)C)C1c1cccnc1. The van der Waals surface area contributed by atoms with Crippen molar-refractivity contribution in [2.45, 2.75) is 26.0 Å². The Morgan fingerprint density at radius 2 is 1.86 bits per heavy atom. The average Bonchev–Trinajstić information content (AvgIpc) is 3.13. The highest BCUT2D eigenvalue weighted by molar-refractivity contribution is 6.46. The van der Waals surface area contributed by atoms with Crippen LogP contribution < -0.4 is 14.7 Å². The number of rotatable bonds is 9. The van der Waals surface area contributed by atoms with Gasteiger partial charge in [-0.1, -0.05) is 48.2 Å². The number of pyridine rings is 1. The largest absolute Gasteiger partial charge is 0.872 e. The Bertz CT molecular complexity index is 1260. The van der Waals surface area contributed by atoms with Gasteiger partial charge in [0.2, 0.25) is 5.78 Å². The van der Waals surface area contributed by atoms with Crippen LogP contribution in [0, 0.1) is 6.92 Å². The van der Waals surface area contributed by atoms with Gasteiger partial charge in [0.1, 0.15) is 12.4 Å². The second-order valence-corrected chi connectivity index (χ2v) is 9.32. The molecule has 1 unspecified atom stereocenters. The number of nitrogens with one attached hydrogen (secondary N) is 1. The van der Waals surface area contributed by atoms with Crippen molar-refractivity contribution in [1.82, 2.24) is 9.88 Å². The fourth-order valence-corrected chi connectivity index (χ4v) is 4.45. The van der Waals surface area contributed by atoms with E-state index in [-0.39, 0.29) is 5.57 Å². The first-order chi connectivity index (χ1) is 17.4. The molecule has 1 N–H and O–H groups in total. The van der Waals surface area contributed by atoms with Gasteiger partial charge in [-0.3, -0.25) is 14.6 Å². The van der Waals surface area contributed by atoms with Gasteiger partial charge >= 0.3 is 0 Å². The number of nitrogens with zero attached hydrogens (tertiary/aromatic N) is 2. The Labute approximate surface area is 211 Å². The van der Waals surface area contributed by atoms with Crippen LogP contribution in [0.5, 0.6) is 5.75 Å². The van der Waals surface area contributed by atoms with Crippen LogP contribution in [-0.2, 0) is 16.2 Å². The fraction of sp³-hybridized carbons (Fsp3) is 0.276. The number of carbonyl (C=O) groups is 2. The van der Waals surface area contributed by atoms with Crippen LogP contribution in [0.15, 0.2) is 78.6 Å². The molecule has 0 bridgehead atoms. The Morgan fingerprint density at radius 1 is 1.08 bits per heavy atom. The predicted octanol–water partition coefficient (Wildman–Crippen LogP) is 1.73. The number of hydrogen-bond donors (Lipinski definition) is 1. The number of hydrogen-bond acceptors (Lipinski definition) is 5. The van der Waals surface area contributed by atoms with Crippen LogP contribution in [0.3, 0.4) is 0 Å². The molecule has 2 heterocycles. The summed E-state index contributed by atoms with van der Waals surface area (Å²) in [6, 6.07) is 17.8. The minimum absolute atomic E-state index is 0.0220. The molecule has 0 radical (unpaired) electrons. The number of amides is 1. The lowest BCUT2D eigenvalue weighted by Crippen LogP contribution is -3.05. The molecule has 0 saturated carbocycles. The van der Waals surface area contributed by atoms with Crippen molar-refractivity contribution in [2.75, 3.05) is 27.2 Å². The van der Waals surface area contributed by atoms with E-state index in [1.807, 2.05) is 44.4 Å². The van der Waals surface area contributed by atoms with E-state index in [1.54, 1.807) is 49.6 Å². The summed E-state index contributed by atoms with van der Waals surface area (Å²) in [7, 11) is 4.07. The van der Waals surface area contributed by atoms with Crippen LogP contribution in [0.1, 0.15) is 34.7 Å². The van der Waals surface area contributed by atoms with Crippen molar-refractivity contribution in [3.8, 4) is 5.75 Å². The van der Waals surface area contributed by atoms with E-state index in [0.717, 1.165) is 12.1 Å². The molecule has 1 aromatic heterocycles. The number of ether oxygens (including phenoxy) is 1. The summed E-state index contributed by atoms with van der Waals surface area (Å²) < 4.78 is 5.88. The molecule has 7 heteroatoms. The molecule has 1 aliphatic heterocycles. The first-order valence-electron chi connectivity index (χ1n) is 12.1. The van der Waals surface area contributed by atoms with Crippen LogP contribution in [-0.4, -0.2) is 48.8 Å². The van der Waals surface area contributed by atoms with Gasteiger partial charge in [0.05, 0.1) is 26.7 Å². The van der Waals surface area contributed by atoms with E-state index in [0.29, 0.717) is 42.0 Å². The molecule has 0 spiro atoms. The molecule has 186 valence electrons. The number of carbonyl (C=O) groups excluding carboxylic acids is 2. The first-order valence-corrected chi connectivity index (χ1v) is 12.1. The molecular formula is C29H31N3O4. The lowest BCUT2D eigenvalue weighted by Gasteiger charge is -2.28. The molecule has 1 amide bonds. The van der Waals surface area contributed by atoms with Crippen molar-refractivity contribution in [1.29, 1.82) is 0 Å². The molecule has 3 aromatic rings. The number of Topliss-reactive ketones (excluding diaryl/α,β-unsaturated/α-hetero) is 1. The molecule has 1 fully saturated rings. The summed E-state index contributed by atoms with van der Waals surface area (Å²) in [6.07, 6.45) is 3.95. The maximum absolute atomic E-state index is 13.7. The van der Waals surface area contributed by atoms with Gasteiger partial charge in [0.15, 0.2) is 0 Å². The topological polar surface area (TPSA) is 87.0 Å². The molecule has 36 heavy (non-hydrogen) atoms. The summed E-state index contributed by atoms with van der Waals surface area (Å²) >= 11 is 0. The van der Waals surface area contributed by atoms with Gasteiger partial charge in [0.25, 0.3) is 5.91 Å². The maximum Gasteiger partial charge on any atom is 0.295 e. The Kier molecular flexibility index (Phi) is 7.80. The van der Waals surface area contributed by atoms with E-state index in [2.05, 4.69) is 4.98 Å². The molecular weight excluding hydrogens is 454 g/mol. The standard InChI is InChI=1S/C29H31N3O4/c1-20-17-23(36-19-21-9-5-4-6-10-21)12-13-24(20)27(33)25-26(22-11-7-14-30-18-22)32(29(35)28(25)34)16-8-15-31(2)3/h4-7,9-14,17-18,26,33H,8,15-16,19H2,1-3H3. The van der Waals surface area contributed by atoms with Crippen molar-refractivity contribution >= 4 is 17.4 Å². The number of aryl methyl sites for hydroxylation is 1. The Balaban J connectivity index is 1.66. The van der Waals surface area contributed by atoms with Crippen LogP contribution in [0.25, 0.3) is 5.76 Å². The van der Waals surface area contributed by atoms with E-state index in [9.17, 15) is 14.7 Å². The summed E-state index contributed by atoms with van der Waals surface area (Å²) in [5.41, 5.74) is 2.73. The lowest BCUT2D eigenvalue weighted by molar-refractivity contribution is -0.858. The number of quaternary nitrogens is 1. The van der Waals surface area contributed by atoms with E-state index in [1.165, 1.54) is 9.80 Å². The number of likely N-dealkylation sites (tertiary alicyclic amines) is 1. The van der Waals surface area contributed by atoms with Crippen molar-refractivity contribution in [3.05, 3.63) is 101 Å². The summed E-state index contributed by atoms with van der Waals surface area (Å²) in [5.74, 6) is -1.19. The van der Waals surface area contributed by atoms with Crippen molar-refractivity contribution in [2.24, 2.45) is 0 Å². The van der Waals surface area contributed by atoms with Gasteiger partial charge in [-0.05, 0) is 47.4 Å². The highest BCUT2D eigenvalue weighted by Gasteiger charge is 2.44. The molecule has 2 aromatic carbocycles. The Hall–Kier alpha value is -3.97. The van der Waals surface area contributed by atoms with Gasteiger partial charge in [-0.15, -0.1) is 0 Å². The van der Waals surface area contributed by atoms with Crippen molar-refractivity contribution in [3.63, 3.8) is 0 Å². The van der Waals surface area contributed by atoms with Gasteiger partial charge in [-0.25, -0.2) is 0 Å². The second-order valence-electron chi connectivity index (χ2n) is 9.32. The zero-order chi connectivity index (χ0) is 25.7. The van der Waals surface area contributed by atoms with E-state index in [4.69, 9.17) is 4.74 Å². The summed E-state index contributed by atoms with van der Waals surface area (Å²) in [4.78, 5) is 33.1. The third-order valence-corrected chi connectivity index (χ3v) is 6.30. The van der Waals surface area contributed by atoms with Crippen LogP contribution >= 0.6 is 0 Å². The molecule has 1 aliphatic rings. The Morgan fingerprint density at radius 3 is 2.53 bits per heavy atom. The molecule has 0 aliphatic carbocycles. The predicted molar refractivity (Wildman–Crippen MR) is 135 cm³/mol. The molecule has 1 atom stereocenters. The second kappa shape index (κ2) is 11.2. The van der Waals surface area contributed by atoms with Gasteiger partial charge < -0.3 is 19.6 Å². The zero-order valence-corrected chi connectivity index (χ0v) is 20.9. The molecule has 4 rings (SSSR count). The number of aromatic nitrogens is 1. The highest BCUT2D eigenvalue weighted by Crippen LogP contribution is 2.39. The zero-order valence-electron chi connectivity index (χ0n) is 20.9. The van der Waals surface area contributed by atoms with Crippen LogP contribution in [0.4, 0.5) is 0 Å². The van der Waals surface area contributed by atoms with Crippen LogP contribution in [0.2, 0.25) is 0 Å². The normalized spacial score (nSPS) is 17.1. The lowest BCUT2D eigenvalue weighted by atomic mass is 9.94. The minimum atomic E-state index is -0.753. The first kappa shape index (κ1) is 25.1. The number of ketones is 1. The monoisotopic (exact) mass is 485 g/mol. The summed E-state index contributed by atoms with van der Waals surface area (Å²) in [6.45, 7) is 3.44. The third-order valence-electron chi connectivity index (χ3n) is 6.30. The fourth-order valence-electron chi connectivity index (χ4n) is 4.45. The van der Waals surface area contributed by atoms with Gasteiger partial charge in [-0.2, -0.15) is 0 Å². The molecule has 7 nitrogen and oxygen atoms in total. The van der Waals surface area contributed by atoms with E-state index < -0.39 is 23.5 Å². The third kappa shape index (κ3) is 5.47. The smallest absolute Gasteiger partial charge is 0.295 e. The average molecular weight is 486 g/mol. The summed E-state index contributed by atoms with van der Waals surface area (Å²) in [5, 5.41) is 13.7. The molecule has 1 saturated heterocycles. The number of benzene rings is 2. The maximum atomic E-state index is 13.7.